The Balaban J connectivity index is 3.17. The summed E-state index contributed by atoms with van der Waals surface area (Å²) in [4.78, 5) is 0. The van der Waals surface area contributed by atoms with Crippen LogP contribution in [0.1, 0.15) is 5.56 Å². The van der Waals surface area contributed by atoms with Gasteiger partial charge in [0.2, 0.25) is 0 Å². The van der Waals surface area contributed by atoms with Crippen LogP contribution in [0.5, 0.6) is 0 Å². The SMILES string of the molecule is Cc1ccc(F)c([NH])c1. The van der Waals surface area contributed by atoms with Gasteiger partial charge < -0.3 is 0 Å². The smallest absolute Gasteiger partial charge is 0.148 e. The summed E-state index contributed by atoms with van der Waals surface area (Å²) in [5.41, 5.74) is 7.87. The van der Waals surface area contributed by atoms with E-state index in [2.05, 4.69) is 0 Å². The van der Waals surface area contributed by atoms with Gasteiger partial charge in [0, 0.05) is 0 Å². The lowest BCUT2D eigenvalue weighted by molar-refractivity contribution is 0.628. The van der Waals surface area contributed by atoms with E-state index in [1.165, 1.54) is 12.1 Å². The predicted octanol–water partition coefficient (Wildman–Crippen LogP) is 2.05. The molecule has 0 atom stereocenters. The van der Waals surface area contributed by atoms with Crippen LogP contribution < -0.4 is 5.73 Å². The van der Waals surface area contributed by atoms with Gasteiger partial charge in [-0.3, -0.25) is 5.73 Å². The standard InChI is InChI=1S/C7H7FN/c1-5-2-3-6(8)7(9)4-5/h2-4,9H,1H3. The highest BCUT2D eigenvalue weighted by atomic mass is 19.1. The van der Waals surface area contributed by atoms with Crippen molar-refractivity contribution in [1.82, 2.24) is 5.73 Å². The van der Waals surface area contributed by atoms with Crippen molar-refractivity contribution in [3.8, 4) is 0 Å². The van der Waals surface area contributed by atoms with Crippen LogP contribution in [0.3, 0.4) is 0 Å². The van der Waals surface area contributed by atoms with Gasteiger partial charge in [0.05, 0.1) is 5.69 Å². The third-order valence-electron chi connectivity index (χ3n) is 1.12. The Morgan fingerprint density at radius 2 is 2.11 bits per heavy atom. The first-order valence-electron chi connectivity index (χ1n) is 2.68. The fraction of sp³-hybridized carbons (Fsp3) is 0.143. The van der Waals surface area contributed by atoms with Gasteiger partial charge in [-0.25, -0.2) is 4.39 Å². The maximum Gasteiger partial charge on any atom is 0.148 e. The van der Waals surface area contributed by atoms with Gasteiger partial charge in [0.15, 0.2) is 0 Å². The van der Waals surface area contributed by atoms with Crippen molar-refractivity contribution in [2.45, 2.75) is 6.92 Å². The Hall–Kier alpha value is -1.05. The predicted molar refractivity (Wildman–Crippen MR) is 33.9 cm³/mol. The van der Waals surface area contributed by atoms with Crippen LogP contribution in [0.2, 0.25) is 0 Å². The highest BCUT2D eigenvalue weighted by Gasteiger charge is 1.94. The van der Waals surface area contributed by atoms with Crippen molar-refractivity contribution in [2.75, 3.05) is 0 Å². The van der Waals surface area contributed by atoms with Crippen molar-refractivity contribution in [3.63, 3.8) is 0 Å². The quantitative estimate of drug-likeness (QED) is 0.505. The van der Waals surface area contributed by atoms with Gasteiger partial charge in [-0.2, -0.15) is 0 Å². The summed E-state index contributed by atoms with van der Waals surface area (Å²) in [6.45, 7) is 1.83. The van der Waals surface area contributed by atoms with E-state index in [4.69, 9.17) is 5.73 Å². The lowest BCUT2D eigenvalue weighted by Crippen LogP contribution is -1.79. The van der Waals surface area contributed by atoms with Crippen LogP contribution in [-0.2, 0) is 0 Å². The summed E-state index contributed by atoms with van der Waals surface area (Å²) in [7, 11) is 0. The molecule has 0 heterocycles. The molecule has 1 nitrogen and oxygen atoms in total. The van der Waals surface area contributed by atoms with Crippen LogP contribution >= 0.6 is 0 Å². The first-order valence-corrected chi connectivity index (χ1v) is 2.68. The maximum atomic E-state index is 12.3. The molecule has 1 aromatic rings. The molecule has 1 N–H and O–H groups in total. The lowest BCUT2D eigenvalue weighted by atomic mass is 10.2. The zero-order valence-corrected chi connectivity index (χ0v) is 5.11. The zero-order chi connectivity index (χ0) is 6.85. The molecule has 0 saturated heterocycles. The molecule has 1 rings (SSSR count). The molecule has 1 aromatic carbocycles. The molecule has 0 aliphatic heterocycles. The Labute approximate surface area is 53.3 Å². The summed E-state index contributed by atoms with van der Waals surface area (Å²) < 4.78 is 12.3. The molecule has 0 aliphatic carbocycles. The second kappa shape index (κ2) is 2.05. The minimum atomic E-state index is -0.458. The summed E-state index contributed by atoms with van der Waals surface area (Å²) in [6, 6.07) is 4.44. The van der Waals surface area contributed by atoms with Crippen LogP contribution in [-0.4, -0.2) is 0 Å². The molecular weight excluding hydrogens is 117 g/mol. The van der Waals surface area contributed by atoms with Crippen molar-refractivity contribution in [1.29, 1.82) is 0 Å². The molecule has 0 fully saturated rings. The van der Waals surface area contributed by atoms with Crippen LogP contribution in [0.25, 0.3) is 0 Å². The van der Waals surface area contributed by atoms with Crippen molar-refractivity contribution in [2.24, 2.45) is 0 Å². The topological polar surface area (TPSA) is 23.8 Å². The molecule has 1 radical (unpaired) electrons. The highest BCUT2D eigenvalue weighted by Crippen LogP contribution is 2.11. The van der Waals surface area contributed by atoms with Crippen molar-refractivity contribution >= 4 is 5.69 Å². The van der Waals surface area contributed by atoms with Crippen molar-refractivity contribution < 1.29 is 4.39 Å². The van der Waals surface area contributed by atoms with E-state index in [1.54, 1.807) is 6.07 Å². The molecular formula is C7H7FN. The minimum absolute atomic E-state index is 0.0324. The average molecular weight is 124 g/mol. The summed E-state index contributed by atoms with van der Waals surface area (Å²) in [5.74, 6) is -0.458. The number of rotatable bonds is 0. The Morgan fingerprint density at radius 3 is 2.56 bits per heavy atom. The summed E-state index contributed by atoms with van der Waals surface area (Å²) in [6.07, 6.45) is 0. The molecule has 0 saturated carbocycles. The summed E-state index contributed by atoms with van der Waals surface area (Å²) >= 11 is 0. The highest BCUT2D eigenvalue weighted by molar-refractivity contribution is 5.38. The second-order valence-electron chi connectivity index (χ2n) is 1.98. The van der Waals surface area contributed by atoms with Gasteiger partial charge in [0.25, 0.3) is 0 Å². The minimum Gasteiger partial charge on any atom is -0.298 e. The van der Waals surface area contributed by atoms with E-state index < -0.39 is 5.82 Å². The van der Waals surface area contributed by atoms with Gasteiger partial charge in [-0.05, 0) is 24.6 Å². The summed E-state index contributed by atoms with van der Waals surface area (Å²) in [5, 5.41) is 0. The van der Waals surface area contributed by atoms with Gasteiger partial charge in [-0.15, -0.1) is 0 Å². The Morgan fingerprint density at radius 1 is 1.44 bits per heavy atom. The fourth-order valence-corrected chi connectivity index (χ4v) is 0.639. The van der Waals surface area contributed by atoms with E-state index in [0.717, 1.165) is 5.56 Å². The average Bonchev–Trinajstić information content (AvgIpc) is 1.80. The van der Waals surface area contributed by atoms with E-state index in [0.29, 0.717) is 0 Å². The van der Waals surface area contributed by atoms with E-state index >= 15 is 0 Å². The number of aryl methyl sites for hydroxylation is 1. The molecule has 0 bridgehead atoms. The monoisotopic (exact) mass is 124 g/mol. The number of hydrogen-bond acceptors (Lipinski definition) is 0. The largest absolute Gasteiger partial charge is 0.298 e. The molecule has 0 amide bonds. The molecule has 0 aromatic heterocycles. The Kier molecular flexibility index (Phi) is 1.39. The molecule has 2 heteroatoms. The van der Waals surface area contributed by atoms with Gasteiger partial charge >= 0.3 is 0 Å². The van der Waals surface area contributed by atoms with E-state index in [-0.39, 0.29) is 5.69 Å². The van der Waals surface area contributed by atoms with E-state index in [1.807, 2.05) is 6.92 Å². The second-order valence-corrected chi connectivity index (χ2v) is 1.98. The molecule has 0 unspecified atom stereocenters. The fourth-order valence-electron chi connectivity index (χ4n) is 0.639. The van der Waals surface area contributed by atoms with Gasteiger partial charge in [0.1, 0.15) is 5.82 Å². The van der Waals surface area contributed by atoms with Crippen LogP contribution in [0.4, 0.5) is 10.1 Å². The molecule has 9 heavy (non-hydrogen) atoms. The molecule has 0 spiro atoms. The number of hydrogen-bond donors (Lipinski definition) is 0. The van der Waals surface area contributed by atoms with Crippen molar-refractivity contribution in [3.05, 3.63) is 29.6 Å². The molecule has 0 aliphatic rings. The normalized spacial score (nSPS) is 9.56. The van der Waals surface area contributed by atoms with E-state index in [9.17, 15) is 4.39 Å². The van der Waals surface area contributed by atoms with Crippen LogP contribution in [0, 0.1) is 12.7 Å². The lowest BCUT2D eigenvalue weighted by Gasteiger charge is -1.93. The van der Waals surface area contributed by atoms with Gasteiger partial charge in [-0.1, -0.05) is 6.07 Å². The number of halogens is 1. The first kappa shape index (κ1) is 6.08. The Bertz CT molecular complexity index is 220. The number of benzene rings is 1. The van der Waals surface area contributed by atoms with Crippen LogP contribution in [0.15, 0.2) is 18.2 Å². The maximum absolute atomic E-state index is 12.3. The third-order valence-corrected chi connectivity index (χ3v) is 1.12. The molecule has 47 valence electrons. The zero-order valence-electron chi connectivity index (χ0n) is 5.11. The first-order chi connectivity index (χ1) is 4.20. The third kappa shape index (κ3) is 1.19. The number of nitrogens with one attached hydrogen (secondary N) is 1.